The van der Waals surface area contributed by atoms with Crippen molar-refractivity contribution in [2.24, 2.45) is 0 Å². The zero-order chi connectivity index (χ0) is 24.3. The van der Waals surface area contributed by atoms with E-state index in [-0.39, 0.29) is 38.2 Å². The average Bonchev–Trinajstić information content (AvgIpc) is 2.86. The molecule has 178 valence electrons. The predicted molar refractivity (Wildman–Crippen MR) is 135 cm³/mol. The molecule has 0 atom stereocenters. The van der Waals surface area contributed by atoms with Crippen molar-refractivity contribution < 1.29 is 19.4 Å². The van der Waals surface area contributed by atoms with Crippen molar-refractivity contribution in [3.63, 3.8) is 0 Å². The minimum atomic E-state index is -0.338. The molecule has 34 heavy (non-hydrogen) atoms. The zero-order valence-corrected chi connectivity index (χ0v) is 19.9. The van der Waals surface area contributed by atoms with Gasteiger partial charge in [-0.15, -0.1) is 0 Å². The summed E-state index contributed by atoms with van der Waals surface area (Å²) in [4.78, 5) is 26.6. The number of nitrogens with one attached hydrogen (secondary N) is 1. The summed E-state index contributed by atoms with van der Waals surface area (Å²) in [5.74, 6) is -0.320. The zero-order valence-electron chi connectivity index (χ0n) is 19.2. The Morgan fingerprint density at radius 1 is 0.971 bits per heavy atom. The maximum absolute atomic E-state index is 13.3. The van der Waals surface area contributed by atoms with Gasteiger partial charge in [0.2, 0.25) is 0 Å². The van der Waals surface area contributed by atoms with E-state index in [0.29, 0.717) is 29.2 Å². The summed E-state index contributed by atoms with van der Waals surface area (Å²) >= 11 is 6.06. The van der Waals surface area contributed by atoms with E-state index < -0.39 is 0 Å². The Balaban J connectivity index is 1.88. The lowest BCUT2D eigenvalue weighted by Gasteiger charge is -2.24. The number of halogens is 1. The molecule has 0 radical (unpaired) electrons. The number of carbonyl (C=O) groups is 2. The van der Waals surface area contributed by atoms with Crippen molar-refractivity contribution in [2.45, 2.75) is 26.4 Å². The lowest BCUT2D eigenvalue weighted by Crippen LogP contribution is -2.38. The van der Waals surface area contributed by atoms with Crippen LogP contribution in [0.25, 0.3) is 11.1 Å². The van der Waals surface area contributed by atoms with Crippen molar-refractivity contribution in [3.8, 4) is 11.1 Å². The fourth-order valence-electron chi connectivity index (χ4n) is 3.53. The molecular weight excluding hydrogens is 452 g/mol. The van der Waals surface area contributed by atoms with E-state index in [0.717, 1.165) is 16.7 Å². The van der Waals surface area contributed by atoms with Crippen LogP contribution in [0.15, 0.2) is 72.8 Å². The molecule has 0 bridgehead atoms. The van der Waals surface area contributed by atoms with Crippen molar-refractivity contribution in [1.29, 1.82) is 0 Å². The van der Waals surface area contributed by atoms with Crippen LogP contribution in [0, 0.1) is 0 Å². The van der Waals surface area contributed by atoms with Crippen LogP contribution in [0.5, 0.6) is 0 Å². The molecule has 3 rings (SSSR count). The van der Waals surface area contributed by atoms with Crippen LogP contribution in [0.4, 0.5) is 10.5 Å². The molecule has 0 fully saturated rings. The number of carbonyl (C=O) groups excluding carboxylic acids is 2. The molecular formula is C27H29ClN2O4. The second kappa shape index (κ2) is 12.8. The number of hydrogen-bond donors (Lipinski definition) is 2. The summed E-state index contributed by atoms with van der Waals surface area (Å²) in [6.07, 6.45) is 0.927. The van der Waals surface area contributed by atoms with E-state index in [1.165, 1.54) is 0 Å². The molecule has 0 unspecified atom stereocenters. The van der Waals surface area contributed by atoms with Gasteiger partial charge in [-0.2, -0.15) is 0 Å². The maximum Gasteiger partial charge on any atom is 0.321 e. The lowest BCUT2D eigenvalue weighted by molar-refractivity contribution is -0.144. The molecule has 0 aliphatic heterocycles. The van der Waals surface area contributed by atoms with Gasteiger partial charge < -0.3 is 20.1 Å². The van der Waals surface area contributed by atoms with Gasteiger partial charge in [-0.3, -0.25) is 4.79 Å². The molecule has 0 aliphatic rings. The SMILES string of the molecule is CCC(=O)OCc1cccc(-c2ccc(Cl)cc2)c1NC(=O)N(CCO)CCc1ccccc1. The van der Waals surface area contributed by atoms with Gasteiger partial charge in [-0.1, -0.05) is 79.2 Å². The van der Waals surface area contributed by atoms with Crippen LogP contribution in [-0.4, -0.2) is 41.7 Å². The van der Waals surface area contributed by atoms with Crippen LogP contribution in [0.1, 0.15) is 24.5 Å². The molecule has 0 spiro atoms. The summed E-state index contributed by atoms with van der Waals surface area (Å²) < 4.78 is 5.36. The third-order valence-corrected chi connectivity index (χ3v) is 5.64. The third kappa shape index (κ3) is 7.07. The highest BCUT2D eigenvalue weighted by Crippen LogP contribution is 2.33. The molecule has 6 nitrogen and oxygen atoms in total. The van der Waals surface area contributed by atoms with E-state index in [2.05, 4.69) is 5.32 Å². The van der Waals surface area contributed by atoms with Crippen molar-refractivity contribution in [3.05, 3.63) is 88.9 Å². The van der Waals surface area contributed by atoms with Crippen LogP contribution in [0.2, 0.25) is 5.02 Å². The first-order chi connectivity index (χ1) is 16.5. The fourth-order valence-corrected chi connectivity index (χ4v) is 3.65. The van der Waals surface area contributed by atoms with Gasteiger partial charge in [0.1, 0.15) is 6.61 Å². The van der Waals surface area contributed by atoms with E-state index in [1.54, 1.807) is 24.0 Å². The molecule has 0 saturated carbocycles. The standard InChI is InChI=1S/C27H29ClN2O4/c1-2-25(32)34-19-22-9-6-10-24(21-11-13-23(28)14-12-21)26(22)29-27(33)30(17-18-31)16-15-20-7-4-3-5-8-20/h3-14,31H,2,15-19H2,1H3,(H,29,33). The largest absolute Gasteiger partial charge is 0.461 e. The monoisotopic (exact) mass is 480 g/mol. The van der Waals surface area contributed by atoms with Crippen LogP contribution in [0.3, 0.4) is 0 Å². The Bertz CT molecular complexity index is 1090. The second-order valence-corrected chi connectivity index (χ2v) is 8.17. The summed E-state index contributed by atoms with van der Waals surface area (Å²) in [5, 5.41) is 13.2. The molecule has 7 heteroatoms. The van der Waals surface area contributed by atoms with Crippen molar-refractivity contribution in [2.75, 3.05) is 25.0 Å². The number of aliphatic hydroxyl groups is 1. The summed E-state index contributed by atoms with van der Waals surface area (Å²) in [6.45, 7) is 2.26. The summed E-state index contributed by atoms with van der Waals surface area (Å²) in [5.41, 5.74) is 3.98. The van der Waals surface area contributed by atoms with Gasteiger partial charge in [0.05, 0.1) is 12.3 Å². The van der Waals surface area contributed by atoms with Gasteiger partial charge in [0.25, 0.3) is 0 Å². The number of anilines is 1. The number of aliphatic hydroxyl groups excluding tert-OH is 1. The second-order valence-electron chi connectivity index (χ2n) is 7.74. The Hall–Kier alpha value is -3.35. The van der Waals surface area contributed by atoms with Crippen LogP contribution >= 0.6 is 11.6 Å². The van der Waals surface area contributed by atoms with E-state index >= 15 is 0 Å². The average molecular weight is 481 g/mol. The normalized spacial score (nSPS) is 10.6. The fraction of sp³-hybridized carbons (Fsp3) is 0.259. The minimum absolute atomic E-state index is 0.0354. The van der Waals surface area contributed by atoms with Crippen LogP contribution < -0.4 is 5.32 Å². The van der Waals surface area contributed by atoms with Gasteiger partial charge in [-0.05, 0) is 29.7 Å². The minimum Gasteiger partial charge on any atom is -0.461 e. The van der Waals surface area contributed by atoms with Gasteiger partial charge in [-0.25, -0.2) is 4.79 Å². The number of rotatable bonds is 10. The maximum atomic E-state index is 13.3. The number of ether oxygens (including phenoxy) is 1. The highest BCUT2D eigenvalue weighted by atomic mass is 35.5. The topological polar surface area (TPSA) is 78.9 Å². The number of hydrogen-bond acceptors (Lipinski definition) is 4. The quantitative estimate of drug-likeness (QED) is 0.374. The van der Waals surface area contributed by atoms with Crippen molar-refractivity contribution in [1.82, 2.24) is 4.90 Å². The van der Waals surface area contributed by atoms with Crippen LogP contribution in [-0.2, 0) is 22.6 Å². The molecule has 0 aromatic heterocycles. The molecule has 0 heterocycles. The molecule has 2 amide bonds. The van der Waals surface area contributed by atoms with Gasteiger partial charge >= 0.3 is 12.0 Å². The summed E-state index contributed by atoms with van der Waals surface area (Å²) in [7, 11) is 0. The number of benzene rings is 3. The Kier molecular flexibility index (Phi) is 9.50. The van der Waals surface area contributed by atoms with Gasteiger partial charge in [0.15, 0.2) is 0 Å². The molecule has 3 aromatic carbocycles. The Labute approximate surface area is 205 Å². The number of nitrogens with zero attached hydrogens (tertiary/aromatic N) is 1. The third-order valence-electron chi connectivity index (χ3n) is 5.39. The highest BCUT2D eigenvalue weighted by Gasteiger charge is 2.19. The predicted octanol–water partition coefficient (Wildman–Crippen LogP) is 5.53. The first kappa shape index (κ1) is 25.3. The van der Waals surface area contributed by atoms with Gasteiger partial charge in [0, 0.05) is 35.7 Å². The highest BCUT2D eigenvalue weighted by molar-refractivity contribution is 6.30. The Morgan fingerprint density at radius 3 is 2.38 bits per heavy atom. The smallest absolute Gasteiger partial charge is 0.321 e. The Morgan fingerprint density at radius 2 is 1.71 bits per heavy atom. The van der Waals surface area contributed by atoms with E-state index in [1.807, 2.05) is 60.7 Å². The first-order valence-electron chi connectivity index (χ1n) is 11.3. The number of urea groups is 1. The molecule has 0 saturated heterocycles. The lowest BCUT2D eigenvalue weighted by atomic mass is 10.00. The number of esters is 1. The van der Waals surface area contributed by atoms with E-state index in [4.69, 9.17) is 16.3 Å². The summed E-state index contributed by atoms with van der Waals surface area (Å²) in [6, 6.07) is 22.4. The number of para-hydroxylation sites is 1. The molecule has 2 N–H and O–H groups in total. The molecule has 0 aliphatic carbocycles. The van der Waals surface area contributed by atoms with Crippen molar-refractivity contribution >= 4 is 29.3 Å². The van der Waals surface area contributed by atoms with E-state index in [9.17, 15) is 14.7 Å². The molecule has 3 aromatic rings. The number of amides is 2. The first-order valence-corrected chi connectivity index (χ1v) is 11.6.